The van der Waals surface area contributed by atoms with Crippen LogP contribution in [0.3, 0.4) is 0 Å². The van der Waals surface area contributed by atoms with Crippen LogP contribution in [-0.2, 0) is 20.8 Å². The van der Waals surface area contributed by atoms with Crippen LogP contribution in [-0.4, -0.2) is 82.4 Å². The molecule has 0 aromatic heterocycles. The number of carboxylic acids is 3. The molecule has 5 aromatic carbocycles. The number of β-lactam (4-membered cyclic amide) rings is 1. The van der Waals surface area contributed by atoms with Crippen molar-refractivity contribution in [3.05, 3.63) is 119 Å². The second-order valence-electron chi connectivity index (χ2n) is 13.2. The molecule has 5 aromatic rings. The number of thioether (sulfide) groups is 1. The van der Waals surface area contributed by atoms with E-state index in [4.69, 9.17) is 5.73 Å². The fraction of sp³-hybridized carbons (Fsp3) is 0.205. The first-order chi connectivity index (χ1) is 25.1. The summed E-state index contributed by atoms with van der Waals surface area (Å²) in [5.74, 6) is -5.21. The number of aromatic carboxylic acids is 2. The molecule has 4 atom stereocenters. The lowest BCUT2D eigenvalue weighted by atomic mass is 9.90. The van der Waals surface area contributed by atoms with Crippen LogP contribution in [0.1, 0.15) is 57.3 Å². The van der Waals surface area contributed by atoms with E-state index in [2.05, 4.69) is 5.32 Å². The molecule has 272 valence electrons. The van der Waals surface area contributed by atoms with E-state index in [0.29, 0.717) is 38.2 Å². The van der Waals surface area contributed by atoms with Gasteiger partial charge in [-0.05, 0) is 53.1 Å². The number of fused-ring (bicyclic) bond motifs is 3. The van der Waals surface area contributed by atoms with Gasteiger partial charge < -0.3 is 41.5 Å². The van der Waals surface area contributed by atoms with Crippen LogP contribution in [0.2, 0.25) is 0 Å². The third kappa shape index (κ3) is 6.69. The molecular weight excluding hydrogens is 703 g/mol. The van der Waals surface area contributed by atoms with Gasteiger partial charge in [0.1, 0.15) is 46.1 Å². The monoisotopic (exact) mass is 737 g/mol. The van der Waals surface area contributed by atoms with Gasteiger partial charge in [0.15, 0.2) is 0 Å². The van der Waals surface area contributed by atoms with E-state index in [0.717, 1.165) is 0 Å². The zero-order chi connectivity index (χ0) is 38.4. The topological polar surface area (TPSA) is 228 Å². The van der Waals surface area contributed by atoms with E-state index in [1.165, 1.54) is 28.8 Å². The average molecular weight is 738 g/mol. The highest BCUT2D eigenvalue weighted by Crippen LogP contribution is 2.51. The molecule has 7 rings (SSSR count). The predicted octanol–water partition coefficient (Wildman–Crippen LogP) is 4.71. The maximum Gasteiger partial charge on any atom is 0.339 e. The van der Waals surface area contributed by atoms with Gasteiger partial charge in [0.25, 0.3) is 0 Å². The Bertz CT molecular complexity index is 2210. The van der Waals surface area contributed by atoms with Crippen molar-refractivity contribution in [2.45, 2.75) is 48.5 Å². The van der Waals surface area contributed by atoms with Crippen molar-refractivity contribution in [1.29, 1.82) is 0 Å². The fourth-order valence-electron chi connectivity index (χ4n) is 6.88. The van der Waals surface area contributed by atoms with Gasteiger partial charge in [-0.15, -0.1) is 11.8 Å². The average Bonchev–Trinajstić information content (AvgIpc) is 3.39. The summed E-state index contributed by atoms with van der Waals surface area (Å²) in [4.78, 5) is 60.7. The summed E-state index contributed by atoms with van der Waals surface area (Å²) in [5.41, 5.74) is 6.71. The first kappa shape index (κ1) is 36.7. The smallest absolute Gasteiger partial charge is 0.339 e. The Morgan fingerprint density at radius 1 is 0.792 bits per heavy atom. The second-order valence-corrected chi connectivity index (χ2v) is 15.0. The molecule has 2 aliphatic rings. The van der Waals surface area contributed by atoms with Crippen LogP contribution >= 0.6 is 11.8 Å². The molecule has 2 fully saturated rings. The maximum absolute atomic E-state index is 12.3. The largest absolute Gasteiger partial charge is 0.507 e. The van der Waals surface area contributed by atoms with E-state index < -0.39 is 58.2 Å². The molecule has 2 saturated heterocycles. The molecule has 0 aliphatic carbocycles. The van der Waals surface area contributed by atoms with E-state index in [1.807, 2.05) is 6.07 Å². The van der Waals surface area contributed by atoms with Crippen LogP contribution < -0.4 is 11.1 Å². The van der Waals surface area contributed by atoms with Crippen LogP contribution in [0.25, 0.3) is 21.5 Å². The third-order valence-corrected chi connectivity index (χ3v) is 11.1. The SMILES string of the molecule is CC1(C)S[C@@H]2[C@H](NC(=O)C(N)c3ccccc3)C(=O)N2[C@H]1C(=O)O.O=C(O)c1cc2ccccc2c(Cc2c(O)c(C(=O)O)cc3ccccc23)c1O. The highest BCUT2D eigenvalue weighted by atomic mass is 32.2. The van der Waals surface area contributed by atoms with Crippen molar-refractivity contribution >= 4 is 63.0 Å². The number of phenols is 2. The molecule has 8 N–H and O–H groups in total. The molecule has 2 heterocycles. The van der Waals surface area contributed by atoms with Crippen molar-refractivity contribution in [3.63, 3.8) is 0 Å². The molecule has 0 radical (unpaired) electrons. The van der Waals surface area contributed by atoms with Gasteiger partial charge in [0.2, 0.25) is 11.8 Å². The van der Waals surface area contributed by atoms with Gasteiger partial charge >= 0.3 is 17.9 Å². The Labute approximate surface area is 306 Å². The molecule has 14 heteroatoms. The third-order valence-electron chi connectivity index (χ3n) is 9.48. The number of aromatic hydroxyl groups is 2. The molecule has 0 bridgehead atoms. The Balaban J connectivity index is 0.000000185. The summed E-state index contributed by atoms with van der Waals surface area (Å²) < 4.78 is -0.618. The molecule has 0 saturated carbocycles. The summed E-state index contributed by atoms with van der Waals surface area (Å²) in [6.07, 6.45) is -0.0407. The molecule has 13 nitrogen and oxygen atoms in total. The zero-order valence-corrected chi connectivity index (χ0v) is 29.2. The summed E-state index contributed by atoms with van der Waals surface area (Å²) >= 11 is 1.38. The number of rotatable bonds is 8. The van der Waals surface area contributed by atoms with Crippen molar-refractivity contribution in [2.75, 3.05) is 0 Å². The highest BCUT2D eigenvalue weighted by Gasteiger charge is 2.64. The van der Waals surface area contributed by atoms with Crippen molar-refractivity contribution in [3.8, 4) is 11.5 Å². The minimum absolute atomic E-state index is 0.0407. The number of nitrogens with one attached hydrogen (secondary N) is 1. The molecule has 0 spiro atoms. The van der Waals surface area contributed by atoms with Gasteiger partial charge in [-0.25, -0.2) is 14.4 Å². The van der Waals surface area contributed by atoms with Crippen LogP contribution in [0, 0.1) is 0 Å². The summed E-state index contributed by atoms with van der Waals surface area (Å²) in [6.45, 7) is 3.58. The zero-order valence-electron chi connectivity index (χ0n) is 28.4. The molecule has 1 unspecified atom stereocenters. The Hall–Kier alpha value is -6.12. The number of carboxylic acid groups (broad SMARTS) is 3. The molecule has 2 aliphatic heterocycles. The van der Waals surface area contributed by atoms with E-state index >= 15 is 0 Å². The number of amides is 2. The van der Waals surface area contributed by atoms with Gasteiger partial charge in [-0.2, -0.15) is 0 Å². The van der Waals surface area contributed by atoms with Gasteiger partial charge in [-0.3, -0.25) is 9.59 Å². The summed E-state index contributed by atoms with van der Waals surface area (Å²) in [5, 5.41) is 54.5. The number of aliphatic carboxylic acids is 1. The number of carbonyl (C=O) groups is 5. The normalized spacial score (nSPS) is 19.0. The number of carbonyl (C=O) groups excluding carboxylic acids is 2. The van der Waals surface area contributed by atoms with Crippen LogP contribution in [0.15, 0.2) is 91.0 Å². The number of nitrogens with two attached hydrogens (primary N) is 1. The summed E-state index contributed by atoms with van der Waals surface area (Å²) in [6, 6.07) is 23.2. The van der Waals surface area contributed by atoms with Gasteiger partial charge in [0.05, 0.1) is 0 Å². The molecule has 53 heavy (non-hydrogen) atoms. The minimum atomic E-state index is -1.28. The first-order valence-electron chi connectivity index (χ1n) is 16.4. The molecular formula is C39H35N3O10S. The standard InChI is InChI=1S/C23H16O6.C16H19N3O4S/c24-20-16(14-7-3-1-5-12(14)9-18(20)22(26)27)11-17-15-8-4-2-6-13(15)10-19(21(17)25)23(28)29;1-16(2)11(15(22)23)19-13(21)10(14(19)24-16)18-12(20)9(17)8-6-4-3-5-7-8/h1-10,24-25H,11H2,(H,26,27)(H,28,29);3-7,9-11,14H,17H2,1-2H3,(H,18,20)(H,22,23)/t;9?,10-,11+,14-/m.1/s1. The van der Waals surface area contributed by atoms with E-state index in [9.17, 15) is 49.5 Å². The second kappa shape index (κ2) is 14.1. The number of benzene rings is 5. The molecule has 2 amide bonds. The van der Waals surface area contributed by atoms with Crippen LogP contribution in [0.4, 0.5) is 0 Å². The first-order valence-corrected chi connectivity index (χ1v) is 17.3. The fourth-order valence-corrected chi connectivity index (χ4v) is 8.51. The lowest BCUT2D eigenvalue weighted by molar-refractivity contribution is -0.161. The van der Waals surface area contributed by atoms with Crippen molar-refractivity contribution in [2.24, 2.45) is 5.73 Å². The lowest BCUT2D eigenvalue weighted by Crippen LogP contribution is -2.71. The maximum atomic E-state index is 12.3. The lowest BCUT2D eigenvalue weighted by Gasteiger charge is -2.43. The predicted molar refractivity (Wildman–Crippen MR) is 197 cm³/mol. The van der Waals surface area contributed by atoms with Crippen molar-refractivity contribution in [1.82, 2.24) is 10.2 Å². The Kier molecular flexibility index (Phi) is 9.77. The summed E-state index contributed by atoms with van der Waals surface area (Å²) in [7, 11) is 0. The Morgan fingerprint density at radius 3 is 1.74 bits per heavy atom. The van der Waals surface area contributed by atoms with E-state index in [1.54, 1.807) is 86.6 Å². The van der Waals surface area contributed by atoms with E-state index in [-0.39, 0.29) is 28.8 Å². The quantitative estimate of drug-likeness (QED) is 0.108. The van der Waals surface area contributed by atoms with Crippen molar-refractivity contribution < 1.29 is 49.5 Å². The number of hydrogen-bond acceptors (Lipinski definition) is 9. The van der Waals surface area contributed by atoms with Crippen LogP contribution in [0.5, 0.6) is 11.5 Å². The minimum Gasteiger partial charge on any atom is -0.507 e. The van der Waals surface area contributed by atoms with Gasteiger partial charge in [-0.1, -0.05) is 78.9 Å². The highest BCUT2D eigenvalue weighted by molar-refractivity contribution is 8.01. The van der Waals surface area contributed by atoms with Gasteiger partial charge in [0, 0.05) is 22.3 Å². The Morgan fingerprint density at radius 2 is 1.26 bits per heavy atom. The number of nitrogens with zero attached hydrogens (tertiary/aromatic N) is 1. The number of hydrogen-bond donors (Lipinski definition) is 7.